The molecule has 2 aliphatic rings. The summed E-state index contributed by atoms with van der Waals surface area (Å²) in [7, 11) is 0. The van der Waals surface area contributed by atoms with Gasteiger partial charge in [0.2, 0.25) is 5.91 Å². The normalized spacial score (nSPS) is 17.6. The quantitative estimate of drug-likeness (QED) is 0.332. The molecule has 1 aliphatic heterocycles. The number of aryl methyl sites for hydroxylation is 1. The maximum Gasteiger partial charge on any atom is 0.226 e. The topological polar surface area (TPSA) is 105 Å². The van der Waals surface area contributed by atoms with E-state index >= 15 is 0 Å². The Balaban J connectivity index is 1.06. The van der Waals surface area contributed by atoms with E-state index in [1.807, 2.05) is 19.9 Å². The van der Waals surface area contributed by atoms with Gasteiger partial charge in [0, 0.05) is 48.4 Å². The Bertz CT molecular complexity index is 1500. The van der Waals surface area contributed by atoms with E-state index in [2.05, 4.69) is 55.6 Å². The number of nitrogens with one attached hydrogen (secondary N) is 2. The molecule has 4 aromatic heterocycles. The van der Waals surface area contributed by atoms with Gasteiger partial charge in [-0.25, -0.2) is 19.0 Å². The van der Waals surface area contributed by atoms with E-state index in [1.54, 1.807) is 12.3 Å². The number of piperidine rings is 1. The number of hydrogen-bond acceptors (Lipinski definition) is 6. The lowest BCUT2D eigenvalue weighted by Crippen LogP contribution is -2.48. The van der Waals surface area contributed by atoms with Crippen molar-refractivity contribution >= 4 is 11.7 Å². The molecule has 0 aromatic carbocycles. The molecule has 10 heteroatoms. The van der Waals surface area contributed by atoms with E-state index < -0.39 is 11.2 Å². The molecule has 0 radical (unpaired) electrons. The number of amides is 1. The third-order valence-electron chi connectivity index (χ3n) is 8.17. The summed E-state index contributed by atoms with van der Waals surface area (Å²) in [6.45, 7) is 7.63. The van der Waals surface area contributed by atoms with E-state index in [-0.39, 0.29) is 11.9 Å². The standard InChI is InChI=1S/C30H35FN8O/c1-19-12-24(14-25-15-26(37-36-25)21-4-5-21)35-28(13-19)38-10-8-30(3,9-11-38)29(40)34-20(2)22-6-7-27(32-16-22)39-18-23(31)17-33-39/h6-7,12-13,15-18,20-21H,4-5,8-11,14H2,1-3H3,(H,34,40)(H,36,37)/t20-/m0/s1. The third kappa shape index (κ3) is 5.61. The van der Waals surface area contributed by atoms with E-state index in [0.717, 1.165) is 61.3 Å². The van der Waals surface area contributed by atoms with Crippen LogP contribution in [0.4, 0.5) is 10.2 Å². The van der Waals surface area contributed by atoms with Crippen molar-refractivity contribution in [2.75, 3.05) is 18.0 Å². The molecule has 1 atom stereocenters. The Morgan fingerprint density at radius 3 is 2.65 bits per heavy atom. The van der Waals surface area contributed by atoms with Crippen LogP contribution in [0.2, 0.25) is 0 Å². The zero-order valence-electron chi connectivity index (χ0n) is 23.2. The van der Waals surface area contributed by atoms with Crippen LogP contribution in [0, 0.1) is 18.2 Å². The molecule has 1 amide bonds. The second kappa shape index (κ2) is 10.5. The predicted molar refractivity (Wildman–Crippen MR) is 150 cm³/mol. The van der Waals surface area contributed by atoms with Crippen LogP contribution >= 0.6 is 0 Å². The first-order chi connectivity index (χ1) is 19.3. The predicted octanol–water partition coefficient (Wildman–Crippen LogP) is 4.79. The van der Waals surface area contributed by atoms with Gasteiger partial charge in [0.05, 0.1) is 24.1 Å². The van der Waals surface area contributed by atoms with Gasteiger partial charge in [-0.05, 0) is 74.9 Å². The zero-order chi connectivity index (χ0) is 27.9. The van der Waals surface area contributed by atoms with Crippen LogP contribution in [-0.4, -0.2) is 48.9 Å². The molecule has 208 valence electrons. The molecule has 9 nitrogen and oxygen atoms in total. The summed E-state index contributed by atoms with van der Waals surface area (Å²) in [5.74, 6) is 1.75. The summed E-state index contributed by atoms with van der Waals surface area (Å²) in [4.78, 5) is 25.0. The number of H-pyrrole nitrogens is 1. The Hall–Kier alpha value is -4.08. The van der Waals surface area contributed by atoms with Crippen molar-refractivity contribution in [2.24, 2.45) is 5.41 Å². The molecule has 1 saturated carbocycles. The Labute approximate surface area is 233 Å². The summed E-state index contributed by atoms with van der Waals surface area (Å²) < 4.78 is 14.6. The second-order valence-corrected chi connectivity index (χ2v) is 11.6. The van der Waals surface area contributed by atoms with Gasteiger partial charge in [-0.1, -0.05) is 13.0 Å². The highest BCUT2D eigenvalue weighted by molar-refractivity contribution is 5.83. The lowest BCUT2D eigenvalue weighted by molar-refractivity contribution is -0.132. The van der Waals surface area contributed by atoms with E-state index in [4.69, 9.17) is 4.98 Å². The van der Waals surface area contributed by atoms with Crippen LogP contribution in [0.3, 0.4) is 0 Å². The van der Waals surface area contributed by atoms with Crippen molar-refractivity contribution in [3.63, 3.8) is 0 Å². The first-order valence-electron chi connectivity index (χ1n) is 14.0. The number of aromatic nitrogens is 6. The number of halogens is 1. The number of carbonyl (C=O) groups excluding carboxylic acids is 1. The Kier molecular flexibility index (Phi) is 6.85. The van der Waals surface area contributed by atoms with Gasteiger partial charge < -0.3 is 10.2 Å². The lowest BCUT2D eigenvalue weighted by atomic mass is 9.79. The zero-order valence-corrected chi connectivity index (χ0v) is 23.2. The van der Waals surface area contributed by atoms with Gasteiger partial charge in [-0.15, -0.1) is 0 Å². The molecule has 2 N–H and O–H groups in total. The smallest absolute Gasteiger partial charge is 0.226 e. The number of anilines is 1. The number of pyridine rings is 2. The summed E-state index contributed by atoms with van der Waals surface area (Å²) in [6, 6.07) is 9.89. The molecular formula is C30H35FN8O. The molecule has 4 aromatic rings. The Morgan fingerprint density at radius 2 is 1.98 bits per heavy atom. The molecule has 6 rings (SSSR count). The number of aromatic amines is 1. The largest absolute Gasteiger partial charge is 0.357 e. The van der Waals surface area contributed by atoms with Crippen LogP contribution in [-0.2, 0) is 11.2 Å². The van der Waals surface area contributed by atoms with Crippen molar-refractivity contribution in [1.29, 1.82) is 0 Å². The van der Waals surface area contributed by atoms with Crippen LogP contribution < -0.4 is 10.2 Å². The first kappa shape index (κ1) is 26.2. The molecule has 2 fully saturated rings. The maximum absolute atomic E-state index is 13.4. The number of carbonyl (C=O) groups is 1. The van der Waals surface area contributed by atoms with Crippen LogP contribution in [0.5, 0.6) is 0 Å². The molecule has 5 heterocycles. The highest BCUT2D eigenvalue weighted by atomic mass is 19.1. The average molecular weight is 543 g/mol. The van der Waals surface area contributed by atoms with Crippen molar-refractivity contribution in [3.05, 3.63) is 82.9 Å². The van der Waals surface area contributed by atoms with E-state index in [9.17, 15) is 9.18 Å². The third-order valence-corrected chi connectivity index (χ3v) is 8.17. The molecule has 40 heavy (non-hydrogen) atoms. The van der Waals surface area contributed by atoms with Crippen molar-refractivity contribution in [1.82, 2.24) is 35.3 Å². The fraction of sp³-hybridized carbons (Fsp3) is 0.433. The number of rotatable bonds is 8. The fourth-order valence-electron chi connectivity index (χ4n) is 5.35. The summed E-state index contributed by atoms with van der Waals surface area (Å²) in [5.41, 5.74) is 4.89. The fourth-order valence-corrected chi connectivity index (χ4v) is 5.35. The molecule has 0 spiro atoms. The summed E-state index contributed by atoms with van der Waals surface area (Å²) in [5, 5.41) is 14.8. The monoisotopic (exact) mass is 542 g/mol. The van der Waals surface area contributed by atoms with Crippen molar-refractivity contribution in [2.45, 2.75) is 64.8 Å². The second-order valence-electron chi connectivity index (χ2n) is 11.6. The highest BCUT2D eigenvalue weighted by Gasteiger charge is 2.38. The van der Waals surface area contributed by atoms with Crippen LogP contribution in [0.15, 0.2) is 48.9 Å². The van der Waals surface area contributed by atoms with Gasteiger partial charge in [-0.2, -0.15) is 10.2 Å². The van der Waals surface area contributed by atoms with Gasteiger partial charge >= 0.3 is 0 Å². The van der Waals surface area contributed by atoms with Crippen LogP contribution in [0.25, 0.3) is 5.82 Å². The van der Waals surface area contributed by atoms with E-state index in [1.165, 1.54) is 35.0 Å². The van der Waals surface area contributed by atoms with E-state index in [0.29, 0.717) is 11.7 Å². The summed E-state index contributed by atoms with van der Waals surface area (Å²) in [6.07, 6.45) is 8.80. The minimum absolute atomic E-state index is 0.0430. The lowest BCUT2D eigenvalue weighted by Gasteiger charge is -2.39. The Morgan fingerprint density at radius 1 is 1.18 bits per heavy atom. The SMILES string of the molecule is Cc1cc(Cc2cc(C3CC3)n[nH]2)nc(N2CCC(C)(C(=O)N[C@@H](C)c3ccc(-n4cc(F)cn4)nc3)CC2)c1. The molecule has 1 aliphatic carbocycles. The summed E-state index contributed by atoms with van der Waals surface area (Å²) >= 11 is 0. The highest BCUT2D eigenvalue weighted by Crippen LogP contribution is 2.39. The molecule has 0 unspecified atom stereocenters. The van der Waals surface area contributed by atoms with Gasteiger partial charge in [0.15, 0.2) is 11.6 Å². The molecule has 1 saturated heterocycles. The average Bonchev–Trinajstić information content (AvgIpc) is 3.54. The molecular weight excluding hydrogens is 507 g/mol. The van der Waals surface area contributed by atoms with Gasteiger partial charge in [-0.3, -0.25) is 9.89 Å². The molecule has 0 bridgehead atoms. The number of hydrogen-bond donors (Lipinski definition) is 2. The minimum atomic E-state index is -0.466. The maximum atomic E-state index is 13.4. The first-order valence-corrected chi connectivity index (χ1v) is 14.0. The number of nitrogens with zero attached hydrogens (tertiary/aromatic N) is 6. The van der Waals surface area contributed by atoms with Crippen LogP contribution in [0.1, 0.15) is 79.7 Å². The van der Waals surface area contributed by atoms with Gasteiger partial charge in [0.1, 0.15) is 5.82 Å². The minimum Gasteiger partial charge on any atom is -0.357 e. The van der Waals surface area contributed by atoms with Crippen molar-refractivity contribution < 1.29 is 9.18 Å². The van der Waals surface area contributed by atoms with Crippen molar-refractivity contribution in [3.8, 4) is 5.82 Å². The van der Waals surface area contributed by atoms with Gasteiger partial charge in [0.25, 0.3) is 0 Å².